The summed E-state index contributed by atoms with van der Waals surface area (Å²) in [4.78, 5) is 63.5. The number of carbonyl (C=O) groups excluding carboxylic acids is 4. The highest BCUT2D eigenvalue weighted by atomic mass is 32.2. The van der Waals surface area contributed by atoms with Crippen molar-refractivity contribution in [1.29, 1.82) is 0 Å². The molecule has 242 valence electrons. The summed E-state index contributed by atoms with van der Waals surface area (Å²) in [6.07, 6.45) is 5.50. The zero-order chi connectivity index (χ0) is 32.2. The van der Waals surface area contributed by atoms with Crippen LogP contribution in [-0.2, 0) is 19.2 Å². The van der Waals surface area contributed by atoms with Gasteiger partial charge in [0, 0.05) is 56.2 Å². The van der Waals surface area contributed by atoms with Crippen molar-refractivity contribution in [1.82, 2.24) is 20.2 Å². The van der Waals surface area contributed by atoms with Crippen molar-refractivity contribution >= 4 is 57.1 Å². The van der Waals surface area contributed by atoms with Gasteiger partial charge in [-0.1, -0.05) is 29.8 Å². The van der Waals surface area contributed by atoms with Gasteiger partial charge in [0.1, 0.15) is 17.9 Å². The maximum absolute atomic E-state index is 13.6. The number of hydrogen-bond acceptors (Lipinski definition) is 11. The number of hydrogen-bond donors (Lipinski definition) is 2. The van der Waals surface area contributed by atoms with E-state index in [1.807, 2.05) is 4.90 Å². The fourth-order valence-corrected chi connectivity index (χ4v) is 6.57. The van der Waals surface area contributed by atoms with E-state index >= 15 is 0 Å². The van der Waals surface area contributed by atoms with Crippen LogP contribution in [0.25, 0.3) is 10.9 Å². The highest BCUT2D eigenvalue weighted by Crippen LogP contribution is 2.48. The molecule has 4 aliphatic rings. The van der Waals surface area contributed by atoms with Gasteiger partial charge in [0.05, 0.1) is 19.7 Å². The van der Waals surface area contributed by atoms with E-state index in [-0.39, 0.29) is 28.5 Å². The third-order valence-electron chi connectivity index (χ3n) is 8.73. The molecular formula is C32H42N6O6S. The van der Waals surface area contributed by atoms with Crippen LogP contribution < -0.4 is 25.0 Å². The normalized spacial score (nSPS) is 20.8. The number of likely N-dealkylation sites (tertiary alicyclic amines) is 1. The quantitative estimate of drug-likeness (QED) is 0.391. The molecule has 12 nitrogen and oxygen atoms in total. The lowest BCUT2D eigenvalue weighted by molar-refractivity contribution is -0.139. The van der Waals surface area contributed by atoms with E-state index < -0.39 is 18.0 Å². The van der Waals surface area contributed by atoms with Crippen LogP contribution in [0.3, 0.4) is 0 Å². The van der Waals surface area contributed by atoms with Gasteiger partial charge in [-0.15, -0.1) is 0 Å². The van der Waals surface area contributed by atoms with E-state index in [4.69, 9.17) is 19.4 Å². The molecule has 2 aromatic rings. The first kappa shape index (κ1) is 32.7. The smallest absolute Gasteiger partial charge is 0.248 e. The van der Waals surface area contributed by atoms with Gasteiger partial charge < -0.3 is 29.9 Å². The predicted octanol–water partition coefficient (Wildman–Crippen LogP) is 3.34. The molecule has 3 heterocycles. The summed E-state index contributed by atoms with van der Waals surface area (Å²) in [5, 5.41) is 6.66. The first-order chi connectivity index (χ1) is 21.6. The number of piperazine rings is 1. The summed E-state index contributed by atoms with van der Waals surface area (Å²) >= 11 is 1.10. The molecule has 2 aliphatic heterocycles. The van der Waals surface area contributed by atoms with Crippen LogP contribution >= 0.6 is 11.8 Å². The van der Waals surface area contributed by atoms with E-state index in [1.165, 1.54) is 47.3 Å². The molecule has 6 rings (SSSR count). The van der Waals surface area contributed by atoms with E-state index in [1.54, 1.807) is 35.1 Å². The molecule has 3 atom stereocenters. The highest BCUT2D eigenvalue weighted by molar-refractivity contribution is 8.13. The Kier molecular flexibility index (Phi) is 10.3. The van der Waals surface area contributed by atoms with Crippen molar-refractivity contribution in [3.05, 3.63) is 23.3 Å². The minimum atomic E-state index is -0.671. The number of fused-ring (bicyclic) bond motifs is 1. The molecule has 45 heavy (non-hydrogen) atoms. The van der Waals surface area contributed by atoms with Gasteiger partial charge in [-0.05, 0) is 45.1 Å². The molecule has 2 amide bonds. The lowest BCUT2D eigenvalue weighted by Gasteiger charge is -2.35. The summed E-state index contributed by atoms with van der Waals surface area (Å²) in [7, 11) is 3.04. The second kappa shape index (κ2) is 14.2. The standard InChI is InChI=1S/C27H36N6O6S.C5H6/c1-15(14-40-17(3)35)26(37)32-9-6-7-20(32)25(36)30-24-18-11-22(38-4)23(39-5)12-19(18)29-27(31-24)33-10-8-28-13-21(33)16(2)34;1-2-5-3-4(1)5/h11-12,15,20-21,28H,6-10,13-14H2,1-5H3,(H,29,30,31,36);1-3H2. The summed E-state index contributed by atoms with van der Waals surface area (Å²) in [5.74, 6) is 0.899. The number of nitrogens with zero attached hydrogens (tertiary/aromatic N) is 4. The summed E-state index contributed by atoms with van der Waals surface area (Å²) in [6.45, 7) is 6.86. The maximum Gasteiger partial charge on any atom is 0.248 e. The number of nitrogens with one attached hydrogen (secondary N) is 2. The van der Waals surface area contributed by atoms with Crippen molar-refractivity contribution in [3.63, 3.8) is 0 Å². The van der Waals surface area contributed by atoms with Crippen LogP contribution in [0.15, 0.2) is 23.3 Å². The number of anilines is 2. The number of thioether (sulfide) groups is 1. The van der Waals surface area contributed by atoms with Crippen molar-refractivity contribution < 1.29 is 28.7 Å². The predicted molar refractivity (Wildman–Crippen MR) is 174 cm³/mol. The average molecular weight is 639 g/mol. The Labute approximate surface area is 267 Å². The van der Waals surface area contributed by atoms with Gasteiger partial charge in [-0.3, -0.25) is 19.2 Å². The monoisotopic (exact) mass is 638 g/mol. The lowest BCUT2D eigenvalue weighted by Crippen LogP contribution is -2.55. The maximum atomic E-state index is 13.6. The number of aromatic nitrogens is 2. The fourth-order valence-electron chi connectivity index (χ4n) is 5.94. The van der Waals surface area contributed by atoms with Gasteiger partial charge in [0.25, 0.3) is 0 Å². The molecule has 0 spiro atoms. The van der Waals surface area contributed by atoms with E-state index in [0.29, 0.717) is 73.1 Å². The van der Waals surface area contributed by atoms with Crippen molar-refractivity contribution in [2.75, 3.05) is 56.4 Å². The van der Waals surface area contributed by atoms with E-state index in [2.05, 4.69) is 10.6 Å². The Balaban J connectivity index is 0.000000715. The molecule has 2 N–H and O–H groups in total. The number of amides is 2. The molecule has 0 saturated carbocycles. The first-order valence-corrected chi connectivity index (χ1v) is 16.5. The second-order valence-corrected chi connectivity index (χ2v) is 13.1. The summed E-state index contributed by atoms with van der Waals surface area (Å²) in [6, 6.07) is 2.29. The van der Waals surface area contributed by atoms with Crippen LogP contribution in [0.1, 0.15) is 52.9 Å². The third-order valence-corrected chi connectivity index (χ3v) is 9.80. The first-order valence-electron chi connectivity index (χ1n) is 15.5. The number of carbonyl (C=O) groups is 4. The van der Waals surface area contributed by atoms with E-state index in [9.17, 15) is 19.2 Å². The number of ketones is 1. The largest absolute Gasteiger partial charge is 0.493 e. The second-order valence-electron chi connectivity index (χ2n) is 11.9. The van der Waals surface area contributed by atoms with Gasteiger partial charge in [-0.25, -0.2) is 4.98 Å². The number of allylic oxidation sites excluding steroid dienone is 2. The minimum Gasteiger partial charge on any atom is -0.493 e. The zero-order valence-corrected chi connectivity index (χ0v) is 27.4. The zero-order valence-electron chi connectivity index (χ0n) is 26.6. The molecular weight excluding hydrogens is 596 g/mol. The number of Topliss-reactive ketones (excluding diaryl/α,β-unsaturated/α-hetero) is 1. The van der Waals surface area contributed by atoms with Crippen LogP contribution in [0.4, 0.5) is 11.8 Å². The molecule has 0 bridgehead atoms. The van der Waals surface area contributed by atoms with Gasteiger partial charge >= 0.3 is 0 Å². The molecule has 2 fully saturated rings. The molecule has 1 aromatic heterocycles. The Bertz CT molecular complexity index is 1520. The molecule has 2 aliphatic carbocycles. The lowest BCUT2D eigenvalue weighted by atomic mass is 10.1. The summed E-state index contributed by atoms with van der Waals surface area (Å²) in [5.41, 5.74) is 4.04. The number of rotatable bonds is 9. The molecule has 2 saturated heterocycles. The molecule has 0 radical (unpaired) electrons. The van der Waals surface area contributed by atoms with Crippen LogP contribution in [0.2, 0.25) is 0 Å². The molecule has 13 heteroatoms. The van der Waals surface area contributed by atoms with Gasteiger partial charge in [-0.2, -0.15) is 4.98 Å². The van der Waals surface area contributed by atoms with Crippen molar-refractivity contribution in [3.8, 4) is 11.5 Å². The van der Waals surface area contributed by atoms with Crippen LogP contribution in [0.5, 0.6) is 11.5 Å². The minimum absolute atomic E-state index is 0.0223. The van der Waals surface area contributed by atoms with Gasteiger partial charge in [0.15, 0.2) is 22.4 Å². The Morgan fingerprint density at radius 1 is 1.04 bits per heavy atom. The topological polar surface area (TPSA) is 143 Å². The van der Waals surface area contributed by atoms with Crippen molar-refractivity contribution in [2.45, 2.75) is 65.0 Å². The molecule has 3 unspecified atom stereocenters. The van der Waals surface area contributed by atoms with Crippen molar-refractivity contribution in [2.24, 2.45) is 5.92 Å². The highest BCUT2D eigenvalue weighted by Gasteiger charge is 2.37. The SMILES string of the molecule is C1CC2=C1C2.COc1cc2nc(N3CCNCC3C(C)=O)nc(NC(=O)C3CCCN3C(=O)C(C)CSC(C)=O)c2cc1OC. The van der Waals surface area contributed by atoms with E-state index in [0.717, 1.165) is 11.8 Å². The number of benzene rings is 1. The fraction of sp³-hybridized carbons (Fsp3) is 0.562. The Hall–Kier alpha value is -3.71. The summed E-state index contributed by atoms with van der Waals surface area (Å²) < 4.78 is 10.9. The van der Waals surface area contributed by atoms with Crippen LogP contribution in [-0.4, -0.2) is 95.8 Å². The third kappa shape index (κ3) is 7.41. The average Bonchev–Trinajstić information content (AvgIpc) is 3.38. The number of ether oxygens (including phenoxy) is 2. The Morgan fingerprint density at radius 2 is 1.76 bits per heavy atom. The van der Waals surface area contributed by atoms with Gasteiger partial charge in [0.2, 0.25) is 17.8 Å². The number of methoxy groups -OCH3 is 2. The van der Waals surface area contributed by atoms with Crippen LogP contribution in [0, 0.1) is 5.92 Å². The Morgan fingerprint density at radius 3 is 2.36 bits per heavy atom. The molecule has 1 aromatic carbocycles.